The van der Waals surface area contributed by atoms with Crippen LogP contribution in [0.25, 0.3) is 10.6 Å². The number of amides is 1. The Kier molecular flexibility index (Phi) is 4.56. The van der Waals surface area contributed by atoms with Gasteiger partial charge in [0.2, 0.25) is 11.6 Å². The van der Waals surface area contributed by atoms with E-state index in [4.69, 9.17) is 16.7 Å². The van der Waals surface area contributed by atoms with Crippen LogP contribution in [0.15, 0.2) is 29.6 Å². The third kappa shape index (κ3) is 3.27. The van der Waals surface area contributed by atoms with Crippen molar-refractivity contribution in [2.24, 2.45) is 0 Å². The first-order valence-corrected chi connectivity index (χ1v) is 8.54. The summed E-state index contributed by atoms with van der Waals surface area (Å²) in [5, 5.41) is 11.9. The number of hydrogen-bond acceptors (Lipinski definition) is 4. The first kappa shape index (κ1) is 16.9. The molecule has 2 heterocycles. The molecular weight excluding hydrogens is 355 g/mol. The fourth-order valence-corrected chi connectivity index (χ4v) is 3.71. The van der Waals surface area contributed by atoms with Crippen LogP contribution in [-0.2, 0) is 16.0 Å². The molecule has 5 nitrogen and oxygen atoms in total. The van der Waals surface area contributed by atoms with Crippen molar-refractivity contribution in [1.29, 1.82) is 0 Å². The highest BCUT2D eigenvalue weighted by molar-refractivity contribution is 7.13. The van der Waals surface area contributed by atoms with Gasteiger partial charge >= 0.3 is 5.97 Å². The smallest absolute Gasteiger partial charge is 0.343 e. The lowest BCUT2D eigenvalue weighted by Gasteiger charge is -2.17. The summed E-state index contributed by atoms with van der Waals surface area (Å²) in [5.74, 6) is -1.85. The van der Waals surface area contributed by atoms with Gasteiger partial charge in [-0.1, -0.05) is 29.8 Å². The molecule has 126 valence electrons. The Morgan fingerprint density at radius 1 is 1.42 bits per heavy atom. The van der Waals surface area contributed by atoms with Crippen LogP contribution in [0.1, 0.15) is 12.1 Å². The van der Waals surface area contributed by atoms with E-state index in [1.807, 2.05) is 18.2 Å². The summed E-state index contributed by atoms with van der Waals surface area (Å²) >= 11 is 7.50. The van der Waals surface area contributed by atoms with Crippen LogP contribution in [0.5, 0.6) is 0 Å². The van der Waals surface area contributed by atoms with Crippen LogP contribution in [0, 0.1) is 0 Å². The second-order valence-electron chi connectivity index (χ2n) is 5.64. The van der Waals surface area contributed by atoms with Crippen LogP contribution in [0.4, 0.5) is 4.39 Å². The summed E-state index contributed by atoms with van der Waals surface area (Å²) in [6, 6.07) is 7.28. The quantitative estimate of drug-likeness (QED) is 0.900. The summed E-state index contributed by atoms with van der Waals surface area (Å²) in [7, 11) is 0. The molecule has 1 aromatic heterocycles. The number of carboxylic acid groups (broad SMARTS) is 1. The van der Waals surface area contributed by atoms with Gasteiger partial charge in [-0.05, 0) is 6.07 Å². The molecule has 1 unspecified atom stereocenters. The number of carbonyl (C=O) groups excluding carboxylic acids is 1. The van der Waals surface area contributed by atoms with Gasteiger partial charge in [0, 0.05) is 23.9 Å². The van der Waals surface area contributed by atoms with Gasteiger partial charge in [0.1, 0.15) is 5.01 Å². The molecule has 1 atom stereocenters. The molecule has 8 heteroatoms. The van der Waals surface area contributed by atoms with Crippen molar-refractivity contribution < 1.29 is 19.1 Å². The van der Waals surface area contributed by atoms with Gasteiger partial charge in [-0.3, -0.25) is 4.79 Å². The van der Waals surface area contributed by atoms with Gasteiger partial charge in [-0.15, -0.1) is 11.3 Å². The van der Waals surface area contributed by atoms with E-state index in [1.165, 1.54) is 16.2 Å². The van der Waals surface area contributed by atoms with E-state index in [9.17, 15) is 14.0 Å². The SMILES string of the molecule is O=C(Cc1csc(-c2ccccc2Cl)n1)N1CCC(F)(C(=O)O)C1. The minimum absolute atomic E-state index is 0.0106. The van der Waals surface area contributed by atoms with Crippen LogP contribution in [-0.4, -0.2) is 45.6 Å². The van der Waals surface area contributed by atoms with E-state index < -0.39 is 18.2 Å². The number of halogens is 2. The predicted molar refractivity (Wildman–Crippen MR) is 88.9 cm³/mol. The number of alkyl halides is 1. The Hall–Kier alpha value is -1.99. The third-order valence-corrected chi connectivity index (χ3v) is 5.20. The van der Waals surface area contributed by atoms with E-state index in [2.05, 4.69) is 4.98 Å². The van der Waals surface area contributed by atoms with Crippen molar-refractivity contribution in [3.05, 3.63) is 40.4 Å². The Morgan fingerprint density at radius 2 is 2.17 bits per heavy atom. The molecule has 24 heavy (non-hydrogen) atoms. The normalized spacial score (nSPS) is 20.3. The van der Waals surface area contributed by atoms with Crippen molar-refractivity contribution in [3.63, 3.8) is 0 Å². The van der Waals surface area contributed by atoms with Crippen molar-refractivity contribution in [3.8, 4) is 10.6 Å². The molecule has 1 saturated heterocycles. The topological polar surface area (TPSA) is 70.5 Å². The monoisotopic (exact) mass is 368 g/mol. The molecule has 0 aliphatic carbocycles. The minimum atomic E-state index is -2.35. The van der Waals surface area contributed by atoms with Crippen molar-refractivity contribution in [2.75, 3.05) is 13.1 Å². The van der Waals surface area contributed by atoms with Gasteiger partial charge < -0.3 is 10.0 Å². The van der Waals surface area contributed by atoms with Gasteiger partial charge in [-0.2, -0.15) is 0 Å². The molecule has 3 rings (SSSR count). The van der Waals surface area contributed by atoms with Crippen molar-refractivity contribution in [2.45, 2.75) is 18.5 Å². The number of thiazole rings is 1. The van der Waals surface area contributed by atoms with E-state index >= 15 is 0 Å². The second-order valence-corrected chi connectivity index (χ2v) is 6.90. The second kappa shape index (κ2) is 6.49. The molecule has 1 fully saturated rings. The maximum absolute atomic E-state index is 14.0. The summed E-state index contributed by atoms with van der Waals surface area (Å²) in [6.07, 6.45) is -0.174. The number of aromatic nitrogens is 1. The number of likely N-dealkylation sites (tertiary alicyclic amines) is 1. The zero-order valence-corrected chi connectivity index (χ0v) is 14.1. The highest BCUT2D eigenvalue weighted by atomic mass is 35.5. The van der Waals surface area contributed by atoms with E-state index in [0.717, 1.165) is 5.56 Å². The van der Waals surface area contributed by atoms with E-state index in [1.54, 1.807) is 11.4 Å². The highest BCUT2D eigenvalue weighted by Gasteiger charge is 2.46. The number of hydrogen-bond donors (Lipinski definition) is 1. The first-order valence-electron chi connectivity index (χ1n) is 7.28. The summed E-state index contributed by atoms with van der Waals surface area (Å²) in [5.41, 5.74) is -0.996. The molecule has 0 saturated carbocycles. The number of carboxylic acids is 1. The zero-order chi connectivity index (χ0) is 17.3. The highest BCUT2D eigenvalue weighted by Crippen LogP contribution is 2.31. The number of carbonyl (C=O) groups is 2. The molecular formula is C16H14ClFN2O3S. The lowest BCUT2D eigenvalue weighted by molar-refractivity contribution is -0.150. The number of rotatable bonds is 4. The standard InChI is InChI=1S/C16H14ClFN2O3S/c17-12-4-2-1-3-11(12)14-19-10(8-24-14)7-13(21)20-6-5-16(18,9-20)15(22)23/h1-4,8H,5-7,9H2,(H,22,23). The lowest BCUT2D eigenvalue weighted by atomic mass is 10.1. The third-order valence-electron chi connectivity index (χ3n) is 3.94. The van der Waals surface area contributed by atoms with Crippen molar-refractivity contribution >= 4 is 34.8 Å². The molecule has 1 aliphatic heterocycles. The van der Waals surface area contributed by atoms with Crippen LogP contribution in [0.3, 0.4) is 0 Å². The molecule has 2 aromatic rings. The van der Waals surface area contributed by atoms with Gasteiger partial charge in [0.25, 0.3) is 0 Å². The van der Waals surface area contributed by atoms with Crippen molar-refractivity contribution in [1.82, 2.24) is 9.88 Å². The largest absolute Gasteiger partial charge is 0.479 e. The Balaban J connectivity index is 1.69. The number of benzene rings is 1. The summed E-state index contributed by atoms with van der Waals surface area (Å²) in [4.78, 5) is 28.8. The Bertz CT molecular complexity index is 797. The molecule has 1 aliphatic rings. The number of nitrogens with zero attached hydrogens (tertiary/aromatic N) is 2. The summed E-state index contributed by atoms with van der Waals surface area (Å²) in [6.45, 7) is -0.314. The Morgan fingerprint density at radius 3 is 2.83 bits per heavy atom. The average Bonchev–Trinajstić information content (AvgIpc) is 3.15. The maximum Gasteiger partial charge on any atom is 0.343 e. The van der Waals surface area contributed by atoms with E-state index in [0.29, 0.717) is 15.7 Å². The molecule has 0 spiro atoms. The molecule has 0 radical (unpaired) electrons. The molecule has 1 aromatic carbocycles. The lowest BCUT2D eigenvalue weighted by Crippen LogP contribution is -2.39. The zero-order valence-electron chi connectivity index (χ0n) is 12.5. The van der Waals surface area contributed by atoms with Crippen LogP contribution >= 0.6 is 22.9 Å². The predicted octanol–water partition coefficient (Wildman–Crippen LogP) is 3.03. The average molecular weight is 369 g/mol. The van der Waals surface area contributed by atoms with Gasteiger partial charge in [-0.25, -0.2) is 14.2 Å². The fourth-order valence-electron chi connectivity index (χ4n) is 2.57. The fraction of sp³-hybridized carbons (Fsp3) is 0.312. The molecule has 1 N–H and O–H groups in total. The molecule has 1 amide bonds. The van der Waals surface area contributed by atoms with Gasteiger partial charge in [0.15, 0.2) is 0 Å². The molecule has 0 bridgehead atoms. The number of aliphatic carboxylic acids is 1. The maximum atomic E-state index is 14.0. The van der Waals surface area contributed by atoms with Crippen LogP contribution < -0.4 is 0 Å². The van der Waals surface area contributed by atoms with Crippen LogP contribution in [0.2, 0.25) is 5.02 Å². The van der Waals surface area contributed by atoms with E-state index in [-0.39, 0.29) is 25.3 Å². The minimum Gasteiger partial charge on any atom is -0.479 e. The van der Waals surface area contributed by atoms with Gasteiger partial charge in [0.05, 0.1) is 23.7 Å². The summed E-state index contributed by atoms with van der Waals surface area (Å²) < 4.78 is 14.0. The first-order chi connectivity index (χ1) is 11.4. The Labute approximate surface area is 146 Å².